The molecule has 3 rings (SSSR count). The van der Waals surface area contributed by atoms with Crippen molar-refractivity contribution in [2.24, 2.45) is 0 Å². The Kier molecular flexibility index (Phi) is 4.98. The summed E-state index contributed by atoms with van der Waals surface area (Å²) in [5.74, 6) is -0.0665. The van der Waals surface area contributed by atoms with E-state index in [2.05, 4.69) is 0 Å². The SMILES string of the molecule is N#Cc1ccc(S(=O)(=O)N(Cc2ccco2)c2ccc(F)cc2)cc1Cl. The Morgan fingerprint density at radius 1 is 1.15 bits per heavy atom. The number of nitriles is 1. The Hall–Kier alpha value is -2.82. The van der Waals surface area contributed by atoms with Gasteiger partial charge in [0, 0.05) is 0 Å². The lowest BCUT2D eigenvalue weighted by atomic mass is 10.2. The van der Waals surface area contributed by atoms with Crippen molar-refractivity contribution in [2.45, 2.75) is 11.4 Å². The summed E-state index contributed by atoms with van der Waals surface area (Å²) in [5, 5.41) is 8.99. The van der Waals surface area contributed by atoms with Crippen molar-refractivity contribution in [3.8, 4) is 6.07 Å². The number of sulfonamides is 1. The fourth-order valence-corrected chi connectivity index (χ4v) is 4.09. The number of hydrogen-bond donors (Lipinski definition) is 0. The molecule has 1 aromatic heterocycles. The molecular formula is C18H12ClFN2O3S. The van der Waals surface area contributed by atoms with Gasteiger partial charge in [-0.1, -0.05) is 11.6 Å². The van der Waals surface area contributed by atoms with E-state index >= 15 is 0 Å². The smallest absolute Gasteiger partial charge is 0.264 e. The average molecular weight is 391 g/mol. The molecule has 0 aliphatic rings. The maximum absolute atomic E-state index is 13.2. The second-order valence-corrected chi connectivity index (χ2v) is 7.59. The number of benzene rings is 2. The lowest BCUT2D eigenvalue weighted by Crippen LogP contribution is -2.30. The van der Waals surface area contributed by atoms with Crippen molar-refractivity contribution in [2.75, 3.05) is 4.31 Å². The summed E-state index contributed by atoms with van der Waals surface area (Å²) in [6, 6.07) is 14.1. The highest BCUT2D eigenvalue weighted by molar-refractivity contribution is 7.92. The normalized spacial score (nSPS) is 11.1. The van der Waals surface area contributed by atoms with Crippen LogP contribution in [0.25, 0.3) is 0 Å². The Morgan fingerprint density at radius 3 is 2.46 bits per heavy atom. The summed E-state index contributed by atoms with van der Waals surface area (Å²) in [5.41, 5.74) is 0.438. The van der Waals surface area contributed by atoms with Gasteiger partial charge >= 0.3 is 0 Å². The predicted molar refractivity (Wildman–Crippen MR) is 94.6 cm³/mol. The molecule has 0 saturated heterocycles. The Labute approximate surface area is 154 Å². The number of anilines is 1. The van der Waals surface area contributed by atoms with Crippen LogP contribution < -0.4 is 4.31 Å². The van der Waals surface area contributed by atoms with Gasteiger partial charge in [-0.3, -0.25) is 4.31 Å². The Morgan fingerprint density at radius 2 is 1.88 bits per heavy atom. The number of hydrogen-bond acceptors (Lipinski definition) is 4. The van der Waals surface area contributed by atoms with Gasteiger partial charge in [0.2, 0.25) is 0 Å². The van der Waals surface area contributed by atoms with E-state index in [0.717, 1.165) is 4.31 Å². The molecule has 0 bridgehead atoms. The van der Waals surface area contributed by atoms with E-state index in [9.17, 15) is 12.8 Å². The summed E-state index contributed by atoms with van der Waals surface area (Å²) in [4.78, 5) is -0.0858. The zero-order valence-corrected chi connectivity index (χ0v) is 14.8. The second kappa shape index (κ2) is 7.20. The highest BCUT2D eigenvalue weighted by atomic mass is 35.5. The quantitative estimate of drug-likeness (QED) is 0.649. The summed E-state index contributed by atoms with van der Waals surface area (Å²) >= 11 is 5.98. The van der Waals surface area contributed by atoms with Gasteiger partial charge in [-0.05, 0) is 54.6 Å². The highest BCUT2D eigenvalue weighted by Crippen LogP contribution is 2.28. The lowest BCUT2D eigenvalue weighted by Gasteiger charge is -2.24. The van der Waals surface area contributed by atoms with Crippen LogP contribution in [0.4, 0.5) is 10.1 Å². The van der Waals surface area contributed by atoms with Crippen molar-refractivity contribution in [1.82, 2.24) is 0 Å². The molecule has 0 aliphatic carbocycles. The first-order valence-electron chi connectivity index (χ1n) is 7.42. The van der Waals surface area contributed by atoms with E-state index in [-0.39, 0.29) is 27.7 Å². The lowest BCUT2D eigenvalue weighted by molar-refractivity contribution is 0.508. The maximum atomic E-state index is 13.2. The number of nitrogens with zero attached hydrogens (tertiary/aromatic N) is 2. The van der Waals surface area contributed by atoms with Crippen LogP contribution in [-0.2, 0) is 16.6 Å². The third-order valence-corrected chi connectivity index (χ3v) is 5.73. The van der Waals surface area contributed by atoms with E-state index in [1.807, 2.05) is 6.07 Å². The van der Waals surface area contributed by atoms with Crippen LogP contribution in [0.5, 0.6) is 0 Å². The first-order valence-corrected chi connectivity index (χ1v) is 9.24. The molecule has 0 unspecified atom stereocenters. The molecule has 0 atom stereocenters. The van der Waals surface area contributed by atoms with Crippen LogP contribution in [0.3, 0.4) is 0 Å². The molecule has 0 fully saturated rings. The molecule has 0 aliphatic heterocycles. The summed E-state index contributed by atoms with van der Waals surface area (Å²) in [7, 11) is -4.03. The van der Waals surface area contributed by atoms with E-state index < -0.39 is 15.8 Å². The van der Waals surface area contributed by atoms with Gasteiger partial charge in [0.1, 0.15) is 17.6 Å². The highest BCUT2D eigenvalue weighted by Gasteiger charge is 2.27. The van der Waals surface area contributed by atoms with Crippen LogP contribution in [0.1, 0.15) is 11.3 Å². The number of rotatable bonds is 5. The van der Waals surface area contributed by atoms with Crippen molar-refractivity contribution in [3.05, 3.63) is 83.0 Å². The van der Waals surface area contributed by atoms with Gasteiger partial charge in [0.05, 0.1) is 34.0 Å². The molecule has 0 N–H and O–H groups in total. The summed E-state index contributed by atoms with van der Waals surface area (Å²) < 4.78 is 45.9. The summed E-state index contributed by atoms with van der Waals surface area (Å²) in [6.07, 6.45) is 1.43. The van der Waals surface area contributed by atoms with E-state index in [1.54, 1.807) is 12.1 Å². The summed E-state index contributed by atoms with van der Waals surface area (Å²) in [6.45, 7) is -0.0847. The topological polar surface area (TPSA) is 74.3 Å². The maximum Gasteiger partial charge on any atom is 0.264 e. The van der Waals surface area contributed by atoms with Crippen LogP contribution >= 0.6 is 11.6 Å². The molecule has 0 radical (unpaired) electrons. The van der Waals surface area contributed by atoms with Gasteiger partial charge in [0.25, 0.3) is 10.0 Å². The van der Waals surface area contributed by atoms with Crippen LogP contribution in [0.15, 0.2) is 70.2 Å². The van der Waals surface area contributed by atoms with Gasteiger partial charge in [0.15, 0.2) is 0 Å². The van der Waals surface area contributed by atoms with Gasteiger partial charge in [-0.15, -0.1) is 0 Å². The van der Waals surface area contributed by atoms with Crippen molar-refractivity contribution in [3.63, 3.8) is 0 Å². The Bertz CT molecular complexity index is 1060. The first-order chi connectivity index (χ1) is 12.4. The minimum absolute atomic E-state index is 0.0330. The fourth-order valence-electron chi connectivity index (χ4n) is 2.34. The standard InChI is InChI=1S/C18H12ClFN2O3S/c19-18-10-17(8-3-13(18)11-21)26(23,24)22(12-16-2-1-9-25-16)15-6-4-14(20)5-7-15/h1-10H,12H2. The molecule has 26 heavy (non-hydrogen) atoms. The molecule has 2 aromatic carbocycles. The molecule has 3 aromatic rings. The Balaban J connectivity index is 2.09. The van der Waals surface area contributed by atoms with Gasteiger partial charge in [-0.25, -0.2) is 12.8 Å². The van der Waals surface area contributed by atoms with Crippen molar-refractivity contribution < 1.29 is 17.2 Å². The largest absolute Gasteiger partial charge is 0.467 e. The molecular weight excluding hydrogens is 379 g/mol. The van der Waals surface area contributed by atoms with E-state index in [0.29, 0.717) is 5.76 Å². The minimum atomic E-state index is -4.03. The number of halogens is 2. The molecule has 132 valence electrons. The molecule has 0 amide bonds. The zero-order chi connectivity index (χ0) is 18.7. The molecule has 8 heteroatoms. The third kappa shape index (κ3) is 3.57. The van der Waals surface area contributed by atoms with Crippen LogP contribution in [-0.4, -0.2) is 8.42 Å². The van der Waals surface area contributed by atoms with Crippen LogP contribution in [0.2, 0.25) is 5.02 Å². The molecule has 0 saturated carbocycles. The molecule has 1 heterocycles. The van der Waals surface area contributed by atoms with E-state index in [4.69, 9.17) is 21.3 Å². The third-order valence-electron chi connectivity index (χ3n) is 3.64. The molecule has 5 nitrogen and oxygen atoms in total. The van der Waals surface area contributed by atoms with E-state index in [1.165, 1.54) is 48.7 Å². The van der Waals surface area contributed by atoms with Gasteiger partial charge in [-0.2, -0.15) is 5.26 Å². The predicted octanol–water partition coefficient (Wildman–Crippen LogP) is 4.34. The minimum Gasteiger partial charge on any atom is -0.467 e. The first kappa shape index (κ1) is 18.0. The van der Waals surface area contributed by atoms with Crippen LogP contribution in [0, 0.1) is 17.1 Å². The number of furan rings is 1. The molecule has 0 spiro atoms. The monoisotopic (exact) mass is 390 g/mol. The van der Waals surface area contributed by atoms with Crippen molar-refractivity contribution >= 4 is 27.3 Å². The van der Waals surface area contributed by atoms with Gasteiger partial charge < -0.3 is 4.42 Å². The second-order valence-electron chi connectivity index (χ2n) is 5.32. The fraction of sp³-hybridized carbons (Fsp3) is 0.0556. The zero-order valence-electron chi connectivity index (χ0n) is 13.3. The van der Waals surface area contributed by atoms with Crippen molar-refractivity contribution in [1.29, 1.82) is 5.26 Å². The average Bonchev–Trinajstić information content (AvgIpc) is 3.13.